The van der Waals surface area contributed by atoms with Crippen LogP contribution in [-0.2, 0) is 11.2 Å². The van der Waals surface area contributed by atoms with E-state index in [9.17, 15) is 19.1 Å². The minimum Gasteiger partial charge on any atom is -0.477 e. The summed E-state index contributed by atoms with van der Waals surface area (Å²) >= 11 is 0. The monoisotopic (exact) mass is 363 g/mol. The largest absolute Gasteiger partial charge is 0.477 e. The standard InChI is InChI=1S/C22H18FNO3/c1-2-14-7-8-15-5-3-4-6-18(15)20(14)21(25)19(22(26)27)13-24-17-11-9-16(23)10-12-17/h3-13,24H,2H2,1H3,(H,26,27). The van der Waals surface area contributed by atoms with Crippen molar-refractivity contribution in [2.75, 3.05) is 5.32 Å². The van der Waals surface area contributed by atoms with Crippen LogP contribution in [0.5, 0.6) is 0 Å². The Bertz CT molecular complexity index is 1040. The van der Waals surface area contributed by atoms with Crippen molar-refractivity contribution in [3.63, 3.8) is 0 Å². The molecule has 0 amide bonds. The molecule has 0 saturated carbocycles. The average Bonchev–Trinajstić information content (AvgIpc) is 2.68. The molecule has 0 radical (unpaired) electrons. The summed E-state index contributed by atoms with van der Waals surface area (Å²) in [4.78, 5) is 24.8. The molecule has 0 spiro atoms. The van der Waals surface area contributed by atoms with Crippen molar-refractivity contribution in [3.05, 3.63) is 89.4 Å². The predicted octanol–water partition coefficient (Wildman–Crippen LogP) is 4.80. The van der Waals surface area contributed by atoms with Gasteiger partial charge in [0, 0.05) is 17.5 Å². The zero-order valence-electron chi connectivity index (χ0n) is 14.7. The third-order valence-corrected chi connectivity index (χ3v) is 4.33. The van der Waals surface area contributed by atoms with E-state index in [1.54, 1.807) is 0 Å². The lowest BCUT2D eigenvalue weighted by molar-refractivity contribution is -0.132. The summed E-state index contributed by atoms with van der Waals surface area (Å²) in [6.07, 6.45) is 1.75. The van der Waals surface area contributed by atoms with Crippen LogP contribution in [0.15, 0.2) is 72.4 Å². The molecule has 0 unspecified atom stereocenters. The summed E-state index contributed by atoms with van der Waals surface area (Å²) in [6, 6.07) is 16.6. The Morgan fingerprint density at radius 1 is 1.04 bits per heavy atom. The Labute approximate surface area is 156 Å². The smallest absolute Gasteiger partial charge is 0.341 e. The van der Waals surface area contributed by atoms with Gasteiger partial charge in [0.1, 0.15) is 11.4 Å². The third kappa shape index (κ3) is 3.87. The summed E-state index contributed by atoms with van der Waals surface area (Å²) in [5.74, 6) is -2.29. The predicted molar refractivity (Wildman–Crippen MR) is 103 cm³/mol. The molecule has 4 nitrogen and oxygen atoms in total. The highest BCUT2D eigenvalue weighted by molar-refractivity contribution is 6.27. The third-order valence-electron chi connectivity index (χ3n) is 4.33. The van der Waals surface area contributed by atoms with Crippen molar-refractivity contribution in [3.8, 4) is 0 Å². The average molecular weight is 363 g/mol. The number of aryl methyl sites for hydroxylation is 1. The first-order valence-electron chi connectivity index (χ1n) is 8.52. The van der Waals surface area contributed by atoms with Crippen molar-refractivity contribution >= 4 is 28.2 Å². The van der Waals surface area contributed by atoms with Crippen molar-refractivity contribution in [1.29, 1.82) is 0 Å². The molecule has 0 aliphatic carbocycles. The number of benzene rings is 3. The van der Waals surface area contributed by atoms with E-state index < -0.39 is 17.6 Å². The van der Waals surface area contributed by atoms with Gasteiger partial charge in [0.25, 0.3) is 0 Å². The SMILES string of the molecule is CCc1ccc2ccccc2c1C(=O)C(=CNc1ccc(F)cc1)C(=O)O. The Morgan fingerprint density at radius 2 is 1.74 bits per heavy atom. The van der Waals surface area contributed by atoms with Gasteiger partial charge in [0.2, 0.25) is 5.78 Å². The van der Waals surface area contributed by atoms with Crippen LogP contribution in [0.25, 0.3) is 10.8 Å². The number of carbonyl (C=O) groups is 2. The first kappa shape index (κ1) is 18.3. The van der Waals surface area contributed by atoms with E-state index in [2.05, 4.69) is 5.32 Å². The number of Topliss-reactive ketones (excluding diaryl/α,β-unsaturated/α-hetero) is 1. The summed E-state index contributed by atoms with van der Waals surface area (Å²) in [6.45, 7) is 1.92. The molecule has 2 N–H and O–H groups in total. The number of hydrogen-bond donors (Lipinski definition) is 2. The summed E-state index contributed by atoms with van der Waals surface area (Å²) in [7, 11) is 0. The molecule has 0 aliphatic rings. The molecule has 0 aromatic heterocycles. The normalized spacial score (nSPS) is 11.4. The van der Waals surface area contributed by atoms with Crippen LogP contribution in [0.4, 0.5) is 10.1 Å². The maximum absolute atomic E-state index is 13.1. The van der Waals surface area contributed by atoms with Gasteiger partial charge in [0.05, 0.1) is 0 Å². The van der Waals surface area contributed by atoms with Crippen LogP contribution >= 0.6 is 0 Å². The number of halogens is 1. The molecular formula is C22H18FNO3. The van der Waals surface area contributed by atoms with E-state index in [1.165, 1.54) is 24.3 Å². The molecule has 3 rings (SSSR count). The van der Waals surface area contributed by atoms with Crippen LogP contribution < -0.4 is 5.32 Å². The Hall–Kier alpha value is -3.47. The highest BCUT2D eigenvalue weighted by Crippen LogP contribution is 2.26. The molecule has 5 heteroatoms. The first-order valence-corrected chi connectivity index (χ1v) is 8.52. The molecular weight excluding hydrogens is 345 g/mol. The lowest BCUT2D eigenvalue weighted by Crippen LogP contribution is -2.16. The van der Waals surface area contributed by atoms with Crippen LogP contribution in [0.1, 0.15) is 22.8 Å². The van der Waals surface area contributed by atoms with Crippen molar-refractivity contribution in [1.82, 2.24) is 0 Å². The molecule has 136 valence electrons. The van der Waals surface area contributed by atoms with Gasteiger partial charge >= 0.3 is 5.97 Å². The van der Waals surface area contributed by atoms with E-state index in [4.69, 9.17) is 0 Å². The number of carbonyl (C=O) groups excluding carboxylic acids is 1. The van der Waals surface area contributed by atoms with Gasteiger partial charge in [-0.3, -0.25) is 4.79 Å². The fraction of sp³-hybridized carbons (Fsp3) is 0.0909. The Kier molecular flexibility index (Phi) is 5.31. The van der Waals surface area contributed by atoms with Gasteiger partial charge in [0.15, 0.2) is 0 Å². The van der Waals surface area contributed by atoms with Gasteiger partial charge in [-0.05, 0) is 47.0 Å². The van der Waals surface area contributed by atoms with Gasteiger partial charge < -0.3 is 10.4 Å². The van der Waals surface area contributed by atoms with Gasteiger partial charge in [-0.15, -0.1) is 0 Å². The maximum atomic E-state index is 13.1. The fourth-order valence-corrected chi connectivity index (χ4v) is 2.94. The minimum atomic E-state index is -1.33. The molecule has 0 bridgehead atoms. The van der Waals surface area contributed by atoms with Crippen LogP contribution in [-0.4, -0.2) is 16.9 Å². The first-order chi connectivity index (χ1) is 13.0. The number of rotatable bonds is 6. The topological polar surface area (TPSA) is 66.4 Å². The zero-order chi connectivity index (χ0) is 19.4. The molecule has 0 aliphatic heterocycles. The quantitative estimate of drug-likeness (QED) is 0.286. The van der Waals surface area contributed by atoms with E-state index in [1.807, 2.05) is 43.3 Å². The molecule has 27 heavy (non-hydrogen) atoms. The number of ketones is 1. The zero-order valence-corrected chi connectivity index (χ0v) is 14.7. The molecule has 0 fully saturated rings. The van der Waals surface area contributed by atoms with E-state index in [-0.39, 0.29) is 5.57 Å². The second-order valence-electron chi connectivity index (χ2n) is 6.02. The molecule has 3 aromatic carbocycles. The number of carboxylic acid groups (broad SMARTS) is 1. The summed E-state index contributed by atoms with van der Waals surface area (Å²) in [5.41, 5.74) is 1.28. The minimum absolute atomic E-state index is 0.384. The van der Waals surface area contributed by atoms with E-state index >= 15 is 0 Å². The van der Waals surface area contributed by atoms with Crippen LogP contribution in [0.3, 0.4) is 0 Å². The highest BCUT2D eigenvalue weighted by atomic mass is 19.1. The summed E-state index contributed by atoms with van der Waals surface area (Å²) < 4.78 is 13.0. The molecule has 0 atom stereocenters. The molecule has 0 heterocycles. The van der Waals surface area contributed by atoms with Gasteiger partial charge in [-0.1, -0.05) is 43.3 Å². The Morgan fingerprint density at radius 3 is 2.41 bits per heavy atom. The van der Waals surface area contributed by atoms with Crippen molar-refractivity contribution in [2.45, 2.75) is 13.3 Å². The number of nitrogens with one attached hydrogen (secondary N) is 1. The fourth-order valence-electron chi connectivity index (χ4n) is 2.94. The Balaban J connectivity index is 2.05. The second-order valence-corrected chi connectivity index (χ2v) is 6.02. The van der Waals surface area contributed by atoms with Crippen molar-refractivity contribution < 1.29 is 19.1 Å². The van der Waals surface area contributed by atoms with Crippen molar-refractivity contribution in [2.24, 2.45) is 0 Å². The lowest BCUT2D eigenvalue weighted by atomic mass is 9.91. The van der Waals surface area contributed by atoms with Gasteiger partial charge in [-0.2, -0.15) is 0 Å². The van der Waals surface area contributed by atoms with Gasteiger partial charge in [-0.25, -0.2) is 9.18 Å². The maximum Gasteiger partial charge on any atom is 0.341 e. The number of carboxylic acids is 1. The number of anilines is 1. The number of aliphatic carboxylic acids is 1. The number of fused-ring (bicyclic) bond motifs is 1. The van der Waals surface area contributed by atoms with E-state index in [0.29, 0.717) is 17.7 Å². The lowest BCUT2D eigenvalue weighted by Gasteiger charge is -2.12. The highest BCUT2D eigenvalue weighted by Gasteiger charge is 2.23. The summed E-state index contributed by atoms with van der Waals surface area (Å²) in [5, 5.41) is 13.9. The second kappa shape index (κ2) is 7.83. The molecule has 3 aromatic rings. The van der Waals surface area contributed by atoms with E-state index in [0.717, 1.165) is 22.5 Å². The number of hydrogen-bond acceptors (Lipinski definition) is 3. The van der Waals surface area contributed by atoms with Crippen LogP contribution in [0, 0.1) is 5.82 Å². The molecule has 0 saturated heterocycles. The van der Waals surface area contributed by atoms with Crippen LogP contribution in [0.2, 0.25) is 0 Å².